The number of carbonyl (C=O) groups is 2. The van der Waals surface area contributed by atoms with Crippen molar-refractivity contribution in [1.29, 1.82) is 0 Å². The van der Waals surface area contributed by atoms with Gasteiger partial charge in [-0.1, -0.05) is 18.6 Å². The van der Waals surface area contributed by atoms with Crippen LogP contribution >= 0.6 is 0 Å². The highest BCUT2D eigenvalue weighted by Crippen LogP contribution is 2.24. The predicted octanol–water partition coefficient (Wildman–Crippen LogP) is 2.94. The molecule has 1 aromatic heterocycles. The summed E-state index contributed by atoms with van der Waals surface area (Å²) in [5, 5.41) is 3.83. The van der Waals surface area contributed by atoms with Crippen molar-refractivity contribution in [2.45, 2.75) is 25.7 Å². The number of carbonyl (C=O) groups excluding carboxylic acids is 2. The average Bonchev–Trinajstić information content (AvgIpc) is 3.00. The fourth-order valence-electron chi connectivity index (χ4n) is 2.81. The number of amides is 2. The van der Waals surface area contributed by atoms with E-state index in [4.69, 9.17) is 4.42 Å². The molecule has 3 rings (SSSR count). The first-order valence-corrected chi connectivity index (χ1v) is 8.58. The number of nitrogens with zero attached hydrogens (tertiary/aromatic N) is 2. The van der Waals surface area contributed by atoms with Gasteiger partial charge in [-0.25, -0.2) is 9.82 Å². The standard InChI is InChI=1S/C19H20FN3O3/c20-16-7-4-3-6-15(16)17-10-9-14(26-17)12-21-22-18(24)13-23-11-5-1-2-8-19(23)25/h3-4,6-7,9-10,12H,1-2,5,8,11,13H2,(H,22,24)/b21-12-. The fourth-order valence-corrected chi connectivity index (χ4v) is 2.81. The molecule has 1 saturated heterocycles. The monoisotopic (exact) mass is 357 g/mol. The van der Waals surface area contributed by atoms with Crippen LogP contribution in [0, 0.1) is 5.82 Å². The lowest BCUT2D eigenvalue weighted by Crippen LogP contribution is -2.39. The van der Waals surface area contributed by atoms with Crippen LogP contribution in [0.15, 0.2) is 45.9 Å². The molecule has 1 fully saturated rings. The highest BCUT2D eigenvalue weighted by Gasteiger charge is 2.18. The van der Waals surface area contributed by atoms with Crippen molar-refractivity contribution in [3.05, 3.63) is 48.0 Å². The Labute approximate surface area is 150 Å². The highest BCUT2D eigenvalue weighted by molar-refractivity contribution is 5.86. The van der Waals surface area contributed by atoms with Gasteiger partial charge in [0.1, 0.15) is 23.9 Å². The molecule has 6 nitrogen and oxygen atoms in total. The van der Waals surface area contributed by atoms with Crippen LogP contribution in [0.3, 0.4) is 0 Å². The third-order valence-electron chi connectivity index (χ3n) is 4.15. The maximum absolute atomic E-state index is 13.7. The summed E-state index contributed by atoms with van der Waals surface area (Å²) in [5.41, 5.74) is 2.74. The van der Waals surface area contributed by atoms with Crippen LogP contribution in [0.2, 0.25) is 0 Å². The normalized spacial score (nSPS) is 15.3. The van der Waals surface area contributed by atoms with Crippen LogP contribution < -0.4 is 5.43 Å². The van der Waals surface area contributed by atoms with E-state index in [0.717, 1.165) is 19.3 Å². The van der Waals surface area contributed by atoms with Crippen LogP contribution in [0.5, 0.6) is 0 Å². The lowest BCUT2D eigenvalue weighted by Gasteiger charge is -2.18. The SMILES string of the molecule is O=C(CN1CCCCCC1=O)N/N=C\c1ccc(-c2ccccc2F)o1. The molecular weight excluding hydrogens is 337 g/mol. The highest BCUT2D eigenvalue weighted by atomic mass is 19.1. The maximum Gasteiger partial charge on any atom is 0.259 e. The number of nitrogens with one attached hydrogen (secondary N) is 1. The van der Waals surface area contributed by atoms with Gasteiger partial charge in [-0.2, -0.15) is 5.10 Å². The number of hydrazone groups is 1. The molecule has 2 amide bonds. The van der Waals surface area contributed by atoms with Gasteiger partial charge in [0.25, 0.3) is 5.91 Å². The molecule has 2 aromatic rings. The third kappa shape index (κ3) is 4.56. The number of likely N-dealkylation sites (tertiary alicyclic amines) is 1. The van der Waals surface area contributed by atoms with Gasteiger partial charge in [-0.3, -0.25) is 9.59 Å². The number of benzene rings is 1. The molecule has 0 unspecified atom stereocenters. The molecule has 0 aliphatic carbocycles. The molecule has 1 N–H and O–H groups in total. The van der Waals surface area contributed by atoms with Crippen molar-refractivity contribution in [1.82, 2.24) is 10.3 Å². The zero-order valence-corrected chi connectivity index (χ0v) is 14.3. The maximum atomic E-state index is 13.7. The number of halogens is 1. The van der Waals surface area contributed by atoms with Gasteiger partial charge >= 0.3 is 0 Å². The topological polar surface area (TPSA) is 74.9 Å². The summed E-state index contributed by atoms with van der Waals surface area (Å²) in [6.07, 6.45) is 4.62. The van der Waals surface area contributed by atoms with Crippen molar-refractivity contribution < 1.29 is 18.4 Å². The van der Waals surface area contributed by atoms with E-state index in [1.165, 1.54) is 12.3 Å². The minimum atomic E-state index is -0.374. The predicted molar refractivity (Wildman–Crippen MR) is 94.9 cm³/mol. The minimum absolute atomic E-state index is 0.00203. The second-order valence-electron chi connectivity index (χ2n) is 6.10. The van der Waals surface area contributed by atoms with E-state index in [1.54, 1.807) is 35.2 Å². The molecule has 0 spiro atoms. The van der Waals surface area contributed by atoms with Gasteiger partial charge in [0.2, 0.25) is 5.91 Å². The Balaban J connectivity index is 1.55. The first kappa shape index (κ1) is 17.8. The van der Waals surface area contributed by atoms with E-state index < -0.39 is 0 Å². The smallest absolute Gasteiger partial charge is 0.259 e. The molecule has 0 bridgehead atoms. The molecule has 1 aliphatic heterocycles. The Morgan fingerprint density at radius 1 is 1.23 bits per heavy atom. The molecule has 1 aliphatic rings. The zero-order valence-electron chi connectivity index (χ0n) is 14.3. The van der Waals surface area contributed by atoms with Gasteiger partial charge < -0.3 is 9.32 Å². The van der Waals surface area contributed by atoms with Gasteiger partial charge in [-0.15, -0.1) is 0 Å². The fraction of sp³-hybridized carbons (Fsp3) is 0.316. The number of rotatable bonds is 5. The van der Waals surface area contributed by atoms with Gasteiger partial charge in [0.05, 0.1) is 11.8 Å². The molecule has 0 atom stereocenters. The summed E-state index contributed by atoms with van der Waals surface area (Å²) in [6, 6.07) is 9.58. The lowest BCUT2D eigenvalue weighted by molar-refractivity contribution is -0.135. The van der Waals surface area contributed by atoms with E-state index in [0.29, 0.717) is 30.0 Å². The van der Waals surface area contributed by atoms with Crippen LogP contribution in [0.4, 0.5) is 4.39 Å². The summed E-state index contributed by atoms with van der Waals surface area (Å²) < 4.78 is 19.3. The first-order chi connectivity index (χ1) is 12.6. The largest absolute Gasteiger partial charge is 0.455 e. The second kappa shape index (κ2) is 8.42. The van der Waals surface area contributed by atoms with E-state index in [9.17, 15) is 14.0 Å². The van der Waals surface area contributed by atoms with Gasteiger partial charge in [-0.05, 0) is 37.1 Å². The molecule has 0 radical (unpaired) electrons. The summed E-state index contributed by atoms with van der Waals surface area (Å²) in [7, 11) is 0. The Kier molecular flexibility index (Phi) is 5.78. The molecule has 26 heavy (non-hydrogen) atoms. The molecule has 136 valence electrons. The second-order valence-corrected chi connectivity index (χ2v) is 6.10. The molecule has 2 heterocycles. The Morgan fingerprint density at radius 2 is 2.08 bits per heavy atom. The lowest BCUT2D eigenvalue weighted by atomic mass is 10.1. The third-order valence-corrected chi connectivity index (χ3v) is 4.15. The average molecular weight is 357 g/mol. The van der Waals surface area contributed by atoms with E-state index in [2.05, 4.69) is 10.5 Å². The van der Waals surface area contributed by atoms with Crippen LogP contribution in [-0.2, 0) is 9.59 Å². The summed E-state index contributed by atoms with van der Waals surface area (Å²) >= 11 is 0. The van der Waals surface area contributed by atoms with Gasteiger partial charge in [0, 0.05) is 13.0 Å². The van der Waals surface area contributed by atoms with Crippen molar-refractivity contribution >= 4 is 18.0 Å². The molecular formula is C19H20FN3O3. The quantitative estimate of drug-likeness (QED) is 0.660. The number of hydrogen-bond acceptors (Lipinski definition) is 4. The van der Waals surface area contributed by atoms with Crippen LogP contribution in [0.25, 0.3) is 11.3 Å². The van der Waals surface area contributed by atoms with Crippen molar-refractivity contribution in [3.63, 3.8) is 0 Å². The molecule has 0 saturated carbocycles. The summed E-state index contributed by atoms with van der Waals surface area (Å²) in [6.45, 7) is 0.592. The molecule has 1 aromatic carbocycles. The number of hydrogen-bond donors (Lipinski definition) is 1. The van der Waals surface area contributed by atoms with Gasteiger partial charge in [0.15, 0.2) is 0 Å². The van der Waals surface area contributed by atoms with Crippen LogP contribution in [0.1, 0.15) is 31.4 Å². The van der Waals surface area contributed by atoms with E-state index in [-0.39, 0.29) is 24.2 Å². The van der Waals surface area contributed by atoms with Crippen molar-refractivity contribution in [3.8, 4) is 11.3 Å². The Hall–Kier alpha value is -2.96. The Morgan fingerprint density at radius 3 is 2.92 bits per heavy atom. The van der Waals surface area contributed by atoms with Crippen molar-refractivity contribution in [2.24, 2.45) is 5.10 Å². The molecule has 7 heteroatoms. The van der Waals surface area contributed by atoms with Crippen LogP contribution in [-0.4, -0.2) is 36.0 Å². The van der Waals surface area contributed by atoms with E-state index >= 15 is 0 Å². The summed E-state index contributed by atoms with van der Waals surface area (Å²) in [4.78, 5) is 25.4. The Bertz CT molecular complexity index is 816. The summed E-state index contributed by atoms with van der Waals surface area (Å²) in [5.74, 6) is 0.0285. The van der Waals surface area contributed by atoms with E-state index in [1.807, 2.05) is 0 Å². The minimum Gasteiger partial charge on any atom is -0.455 e. The number of furan rings is 1. The van der Waals surface area contributed by atoms with Crippen molar-refractivity contribution in [2.75, 3.05) is 13.1 Å². The zero-order chi connectivity index (χ0) is 18.4. The first-order valence-electron chi connectivity index (χ1n) is 8.58.